The van der Waals surface area contributed by atoms with E-state index in [-0.39, 0.29) is 10.2 Å². The summed E-state index contributed by atoms with van der Waals surface area (Å²) in [5, 5.41) is 0.467. The Labute approximate surface area is 161 Å². The van der Waals surface area contributed by atoms with Crippen LogP contribution in [0.5, 0.6) is 0 Å². The molecule has 0 amide bonds. The lowest BCUT2D eigenvalue weighted by atomic mass is 10.2. The predicted octanol–water partition coefficient (Wildman–Crippen LogP) is 4.67. The molecule has 26 heavy (non-hydrogen) atoms. The molecule has 0 bridgehead atoms. The summed E-state index contributed by atoms with van der Waals surface area (Å²) in [4.78, 5) is 20.6. The van der Waals surface area contributed by atoms with Gasteiger partial charge in [0.2, 0.25) is 0 Å². The molecule has 0 radical (unpaired) electrons. The molecule has 0 saturated carbocycles. The smallest absolute Gasteiger partial charge is 0.341 e. The normalized spacial score (nSPS) is 12.6. The molecule has 0 spiro atoms. The van der Waals surface area contributed by atoms with Gasteiger partial charge in [0.1, 0.15) is 11.1 Å². The van der Waals surface area contributed by atoms with Crippen LogP contribution in [0, 0.1) is 0 Å². The van der Waals surface area contributed by atoms with Crippen LogP contribution in [0.2, 0.25) is 23.3 Å². The lowest BCUT2D eigenvalue weighted by molar-refractivity contribution is 0.0527. The van der Waals surface area contributed by atoms with Crippen LogP contribution >= 0.6 is 11.6 Å². The van der Waals surface area contributed by atoms with Gasteiger partial charge >= 0.3 is 5.97 Å². The van der Waals surface area contributed by atoms with Crippen molar-refractivity contribution in [2.24, 2.45) is 0 Å². The van der Waals surface area contributed by atoms with Gasteiger partial charge in [-0.2, -0.15) is 0 Å². The number of hydrogen-bond acceptors (Lipinski definition) is 5. The van der Waals surface area contributed by atoms with Gasteiger partial charge in [-0.1, -0.05) is 32.4 Å². The molecule has 0 aliphatic rings. The van der Waals surface area contributed by atoms with Crippen molar-refractivity contribution in [1.82, 2.24) is 14.5 Å². The van der Waals surface area contributed by atoms with Gasteiger partial charge < -0.3 is 13.7 Å². The monoisotopic (exact) mass is 397 g/mol. The molecule has 2 rings (SSSR count). The molecular formula is C18H28ClN3O3Si. The van der Waals surface area contributed by atoms with Gasteiger partial charge in [-0.05, 0) is 31.5 Å². The summed E-state index contributed by atoms with van der Waals surface area (Å²) >= 11 is 6.14. The van der Waals surface area contributed by atoms with Crippen molar-refractivity contribution in [2.45, 2.75) is 58.8 Å². The van der Waals surface area contributed by atoms with E-state index in [2.05, 4.69) is 43.8 Å². The van der Waals surface area contributed by atoms with Gasteiger partial charge in [-0.15, -0.1) is 0 Å². The number of carbonyl (C=O) groups excluding carboxylic acids is 1. The number of aromatic nitrogens is 3. The van der Waals surface area contributed by atoms with E-state index in [9.17, 15) is 4.79 Å². The maximum absolute atomic E-state index is 12.2. The number of esters is 1. The largest absolute Gasteiger partial charge is 0.462 e. The third kappa shape index (κ3) is 4.45. The molecule has 2 aromatic heterocycles. The maximum atomic E-state index is 12.2. The highest BCUT2D eigenvalue weighted by Gasteiger charge is 2.36. The molecule has 0 atom stereocenters. The number of aryl methyl sites for hydroxylation is 1. The van der Waals surface area contributed by atoms with Gasteiger partial charge in [0, 0.05) is 19.3 Å². The molecule has 2 heterocycles. The highest BCUT2D eigenvalue weighted by atomic mass is 35.5. The van der Waals surface area contributed by atoms with Gasteiger partial charge in [0.15, 0.2) is 13.5 Å². The SMILES string of the molecule is CCOC(=O)c1cnc(Cl)c2ncn(CCCO[Si](C)(C)C(C)(C)C)c12. The number of rotatable bonds is 7. The molecule has 0 aromatic carbocycles. The topological polar surface area (TPSA) is 66.2 Å². The molecule has 0 aliphatic heterocycles. The molecule has 0 aliphatic carbocycles. The van der Waals surface area contributed by atoms with Crippen LogP contribution in [0.15, 0.2) is 12.5 Å². The lowest BCUT2D eigenvalue weighted by Crippen LogP contribution is -2.41. The number of imidazole rings is 1. The van der Waals surface area contributed by atoms with E-state index in [1.807, 2.05) is 4.57 Å². The van der Waals surface area contributed by atoms with Crippen molar-refractivity contribution in [3.8, 4) is 0 Å². The minimum absolute atomic E-state index is 0.185. The fourth-order valence-corrected chi connectivity index (χ4v) is 3.64. The molecule has 6 nitrogen and oxygen atoms in total. The first-order valence-electron chi connectivity index (χ1n) is 8.89. The van der Waals surface area contributed by atoms with Crippen molar-refractivity contribution in [2.75, 3.05) is 13.2 Å². The number of hydrogen-bond donors (Lipinski definition) is 0. The van der Waals surface area contributed by atoms with Crippen LogP contribution in [-0.4, -0.2) is 42.0 Å². The van der Waals surface area contributed by atoms with Crippen LogP contribution in [-0.2, 0) is 15.7 Å². The third-order valence-corrected chi connectivity index (χ3v) is 9.72. The summed E-state index contributed by atoms with van der Waals surface area (Å²) in [6, 6.07) is 0. The first-order valence-corrected chi connectivity index (χ1v) is 12.2. The number of halogens is 1. The predicted molar refractivity (Wildman–Crippen MR) is 106 cm³/mol. The quantitative estimate of drug-likeness (QED) is 0.294. The van der Waals surface area contributed by atoms with Crippen LogP contribution < -0.4 is 0 Å². The van der Waals surface area contributed by atoms with Crippen molar-refractivity contribution in [1.29, 1.82) is 0 Å². The number of fused-ring (bicyclic) bond motifs is 1. The molecule has 2 aromatic rings. The Morgan fingerprint density at radius 3 is 2.62 bits per heavy atom. The Balaban J connectivity index is 2.15. The summed E-state index contributed by atoms with van der Waals surface area (Å²) in [7, 11) is -1.76. The van der Waals surface area contributed by atoms with Gasteiger partial charge in [0.05, 0.1) is 18.5 Å². The van der Waals surface area contributed by atoms with E-state index in [4.69, 9.17) is 20.8 Å². The molecule has 0 N–H and O–H groups in total. The van der Waals surface area contributed by atoms with Crippen molar-refractivity contribution >= 4 is 36.9 Å². The Kier molecular flexibility index (Phi) is 6.47. The van der Waals surface area contributed by atoms with E-state index < -0.39 is 14.3 Å². The fraction of sp³-hybridized carbons (Fsp3) is 0.611. The minimum Gasteiger partial charge on any atom is -0.462 e. The van der Waals surface area contributed by atoms with Crippen LogP contribution in [0.3, 0.4) is 0 Å². The first-order chi connectivity index (χ1) is 12.1. The molecule has 144 valence electrons. The van der Waals surface area contributed by atoms with Gasteiger partial charge in [0.25, 0.3) is 0 Å². The van der Waals surface area contributed by atoms with Crippen molar-refractivity contribution in [3.63, 3.8) is 0 Å². The Hall–Kier alpha value is -1.44. The fourth-order valence-electron chi connectivity index (χ4n) is 2.37. The number of ether oxygens (including phenoxy) is 1. The number of nitrogens with zero attached hydrogens (tertiary/aromatic N) is 3. The average Bonchev–Trinajstić information content (AvgIpc) is 2.96. The highest BCUT2D eigenvalue weighted by Crippen LogP contribution is 2.36. The van der Waals surface area contributed by atoms with Crippen LogP contribution in [0.4, 0.5) is 0 Å². The minimum atomic E-state index is -1.76. The second-order valence-corrected chi connectivity index (χ2v) is 12.9. The zero-order chi connectivity index (χ0) is 19.5. The summed E-state index contributed by atoms with van der Waals surface area (Å²) in [6.07, 6.45) is 3.96. The average molecular weight is 398 g/mol. The van der Waals surface area contributed by atoms with E-state index in [0.717, 1.165) is 6.42 Å². The zero-order valence-electron chi connectivity index (χ0n) is 16.4. The molecule has 0 unspecified atom stereocenters. The van der Waals surface area contributed by atoms with Crippen molar-refractivity contribution < 1.29 is 14.0 Å². The number of pyridine rings is 1. The number of carbonyl (C=O) groups is 1. The highest BCUT2D eigenvalue weighted by molar-refractivity contribution is 6.74. The van der Waals surface area contributed by atoms with E-state index in [1.165, 1.54) is 6.20 Å². The van der Waals surface area contributed by atoms with Gasteiger partial charge in [-0.3, -0.25) is 0 Å². The summed E-state index contributed by atoms with van der Waals surface area (Å²) in [5.74, 6) is -0.416. The second kappa shape index (κ2) is 8.06. The summed E-state index contributed by atoms with van der Waals surface area (Å²) in [6.45, 7) is 14.6. The molecule has 8 heteroatoms. The molecule has 0 fully saturated rings. The Morgan fingerprint density at radius 1 is 1.31 bits per heavy atom. The standard InChI is InChI=1S/C18H28ClN3O3Si/c1-7-24-17(23)13-11-20-16(19)14-15(13)22(12-21-14)9-8-10-25-26(5,6)18(2,3)4/h11-12H,7-10H2,1-6H3. The van der Waals surface area contributed by atoms with Crippen molar-refractivity contribution in [3.05, 3.63) is 23.2 Å². The van der Waals surface area contributed by atoms with Gasteiger partial charge in [-0.25, -0.2) is 14.8 Å². The van der Waals surface area contributed by atoms with E-state index in [1.54, 1.807) is 13.3 Å². The lowest BCUT2D eigenvalue weighted by Gasteiger charge is -2.36. The van der Waals surface area contributed by atoms with Crippen LogP contribution in [0.25, 0.3) is 11.0 Å². The van der Waals surface area contributed by atoms with E-state index >= 15 is 0 Å². The summed E-state index contributed by atoms with van der Waals surface area (Å²) < 4.78 is 13.3. The van der Waals surface area contributed by atoms with E-state index in [0.29, 0.717) is 36.4 Å². The molecule has 0 saturated heterocycles. The second-order valence-electron chi connectivity index (χ2n) is 7.78. The summed E-state index contributed by atoms with van der Waals surface area (Å²) in [5.41, 5.74) is 1.56. The molecular weight excluding hydrogens is 370 g/mol. The third-order valence-electron chi connectivity index (χ3n) is 4.90. The van der Waals surface area contributed by atoms with Crippen LogP contribution in [0.1, 0.15) is 44.5 Å². The maximum Gasteiger partial charge on any atom is 0.341 e. The first kappa shape index (κ1) is 20.9. The zero-order valence-corrected chi connectivity index (χ0v) is 18.2. The Morgan fingerprint density at radius 2 is 2.00 bits per heavy atom. The Bertz CT molecular complexity index is 784.